The molecule has 0 saturated heterocycles. The van der Waals surface area contributed by atoms with Crippen molar-refractivity contribution in [3.05, 3.63) is 22.4 Å². The fourth-order valence-electron chi connectivity index (χ4n) is 0.396. The summed E-state index contributed by atoms with van der Waals surface area (Å²) in [5.74, 6) is 2.29. The highest BCUT2D eigenvalue weighted by Gasteiger charge is 1.81. The van der Waals surface area contributed by atoms with Gasteiger partial charge in [0.2, 0.25) is 0 Å². The molecule has 0 atom stereocenters. The van der Waals surface area contributed by atoms with Crippen molar-refractivity contribution in [2.45, 2.75) is 0 Å². The maximum absolute atomic E-state index is 11.2. The lowest BCUT2D eigenvalue weighted by atomic mass is 10.5. The van der Waals surface area contributed by atoms with Crippen LogP contribution in [0.4, 0.5) is 4.39 Å². The third-order valence-corrected chi connectivity index (χ3v) is 1.48. The van der Waals surface area contributed by atoms with E-state index >= 15 is 0 Å². The molecular weight excluding hydrogens is 123 g/mol. The van der Waals surface area contributed by atoms with Gasteiger partial charge in [-0.2, -0.15) is 0 Å². The van der Waals surface area contributed by atoms with Gasteiger partial charge in [-0.15, -0.1) is 15.7 Å². The Balaban J connectivity index is 2.88. The van der Waals surface area contributed by atoms with Crippen LogP contribution in [0.2, 0.25) is 0 Å². The average Bonchev–Trinajstić information content (AvgIpc) is 2.19. The summed E-state index contributed by atoms with van der Waals surface area (Å²) < 4.78 is 11.2. The number of rotatable bonds is 0. The van der Waals surface area contributed by atoms with Gasteiger partial charge in [0.05, 0.1) is 4.88 Å². The standard InChI is InChI=1S/C6H3FS/c7-4-3-6-2-1-5-8-6/h1-2,5H. The molecule has 1 heterocycles. The highest BCUT2D eigenvalue weighted by molar-refractivity contribution is 7.10. The zero-order chi connectivity index (χ0) is 5.82. The third-order valence-electron chi connectivity index (χ3n) is 0.692. The molecule has 0 unspecified atom stereocenters. The molecule has 0 aliphatic heterocycles. The molecule has 0 radical (unpaired) electrons. The van der Waals surface area contributed by atoms with Crippen LogP contribution in [-0.4, -0.2) is 0 Å². The van der Waals surface area contributed by atoms with Crippen molar-refractivity contribution in [2.24, 2.45) is 0 Å². The molecule has 40 valence electrons. The van der Waals surface area contributed by atoms with E-state index in [1.54, 1.807) is 6.07 Å². The van der Waals surface area contributed by atoms with E-state index in [0.29, 0.717) is 0 Å². The van der Waals surface area contributed by atoms with Crippen LogP contribution in [0, 0.1) is 12.1 Å². The fraction of sp³-hybridized carbons (Fsp3) is 0. The highest BCUT2D eigenvalue weighted by Crippen LogP contribution is 2.04. The van der Waals surface area contributed by atoms with Gasteiger partial charge in [-0.25, -0.2) is 0 Å². The Morgan fingerprint density at radius 1 is 1.62 bits per heavy atom. The second kappa shape index (κ2) is 2.49. The predicted octanol–water partition coefficient (Wildman–Crippen LogP) is 2.03. The predicted molar refractivity (Wildman–Crippen MR) is 32.3 cm³/mol. The van der Waals surface area contributed by atoms with Crippen LogP contribution in [0.3, 0.4) is 0 Å². The Morgan fingerprint density at radius 3 is 3.00 bits per heavy atom. The molecule has 0 aliphatic rings. The monoisotopic (exact) mass is 126 g/mol. The summed E-state index contributed by atoms with van der Waals surface area (Å²) in [6, 6.07) is 3.61. The quantitative estimate of drug-likeness (QED) is 0.466. The van der Waals surface area contributed by atoms with Crippen LogP contribution < -0.4 is 0 Å². The average molecular weight is 126 g/mol. The van der Waals surface area contributed by atoms with E-state index in [0.717, 1.165) is 4.88 Å². The van der Waals surface area contributed by atoms with Crippen LogP contribution in [-0.2, 0) is 0 Å². The van der Waals surface area contributed by atoms with Crippen LogP contribution in [0.5, 0.6) is 0 Å². The molecule has 0 amide bonds. The minimum Gasteiger partial charge on any atom is -0.144 e. The summed E-state index contributed by atoms with van der Waals surface area (Å²) in [5, 5.41) is 1.86. The minimum absolute atomic E-state index is 0.771. The molecule has 2 heteroatoms. The Labute approximate surface area is 51.0 Å². The molecule has 1 aromatic heterocycles. The van der Waals surface area contributed by atoms with Crippen molar-refractivity contribution in [3.63, 3.8) is 0 Å². The first-order valence-corrected chi connectivity index (χ1v) is 2.96. The molecule has 8 heavy (non-hydrogen) atoms. The SMILES string of the molecule is FC#Cc1cccs1. The Bertz CT molecular complexity index is 202. The number of hydrogen-bond acceptors (Lipinski definition) is 1. The van der Waals surface area contributed by atoms with Crippen LogP contribution in [0.25, 0.3) is 0 Å². The van der Waals surface area contributed by atoms with E-state index in [9.17, 15) is 4.39 Å². The first-order chi connectivity index (χ1) is 3.93. The van der Waals surface area contributed by atoms with Crippen molar-refractivity contribution in [1.82, 2.24) is 0 Å². The molecule has 0 fully saturated rings. The van der Waals surface area contributed by atoms with Crippen LogP contribution >= 0.6 is 11.3 Å². The van der Waals surface area contributed by atoms with Crippen molar-refractivity contribution >= 4 is 11.3 Å². The largest absolute Gasteiger partial charge is 0.144 e. The smallest absolute Gasteiger partial charge is 0.111 e. The van der Waals surface area contributed by atoms with Gasteiger partial charge in [-0.05, 0) is 17.4 Å². The van der Waals surface area contributed by atoms with Gasteiger partial charge in [0, 0.05) is 0 Å². The van der Waals surface area contributed by atoms with Gasteiger partial charge in [0.1, 0.15) is 6.17 Å². The molecule has 0 aliphatic carbocycles. The second-order valence-electron chi connectivity index (χ2n) is 1.20. The topological polar surface area (TPSA) is 0 Å². The van der Waals surface area contributed by atoms with Crippen LogP contribution in [0.15, 0.2) is 17.5 Å². The summed E-state index contributed by atoms with van der Waals surface area (Å²) in [7, 11) is 0. The number of halogens is 1. The Morgan fingerprint density at radius 2 is 2.50 bits per heavy atom. The van der Waals surface area contributed by atoms with Crippen molar-refractivity contribution in [3.8, 4) is 12.1 Å². The minimum atomic E-state index is 0.771. The molecule has 1 aromatic rings. The molecule has 0 spiro atoms. The third kappa shape index (κ3) is 1.08. The first kappa shape index (κ1) is 5.33. The lowest BCUT2D eigenvalue weighted by Gasteiger charge is -1.67. The molecule has 0 bridgehead atoms. The van der Waals surface area contributed by atoms with Gasteiger partial charge in [0.25, 0.3) is 0 Å². The van der Waals surface area contributed by atoms with Gasteiger partial charge in [0.15, 0.2) is 0 Å². The molecule has 0 nitrogen and oxygen atoms in total. The fourth-order valence-corrected chi connectivity index (χ4v) is 0.955. The summed E-state index contributed by atoms with van der Waals surface area (Å²) in [6.45, 7) is 0. The Kier molecular flexibility index (Phi) is 1.66. The van der Waals surface area contributed by atoms with E-state index in [1.165, 1.54) is 17.5 Å². The molecule has 0 aromatic carbocycles. The van der Waals surface area contributed by atoms with Crippen molar-refractivity contribution in [2.75, 3.05) is 0 Å². The summed E-state index contributed by atoms with van der Waals surface area (Å²) >= 11 is 1.43. The van der Waals surface area contributed by atoms with E-state index in [4.69, 9.17) is 0 Å². The maximum atomic E-state index is 11.2. The molecule has 1 rings (SSSR count). The second-order valence-corrected chi connectivity index (χ2v) is 2.14. The van der Waals surface area contributed by atoms with Crippen LogP contribution in [0.1, 0.15) is 4.88 Å². The summed E-state index contributed by atoms with van der Waals surface area (Å²) in [5.41, 5.74) is 0. The van der Waals surface area contributed by atoms with Gasteiger partial charge in [-0.3, -0.25) is 0 Å². The van der Waals surface area contributed by atoms with Crippen molar-refractivity contribution in [1.29, 1.82) is 0 Å². The van der Waals surface area contributed by atoms with Gasteiger partial charge < -0.3 is 0 Å². The number of hydrogen-bond donors (Lipinski definition) is 0. The lowest BCUT2D eigenvalue weighted by Crippen LogP contribution is -1.53. The van der Waals surface area contributed by atoms with E-state index in [1.807, 2.05) is 11.4 Å². The Hall–Kier alpha value is -0.810. The maximum Gasteiger partial charge on any atom is 0.111 e. The van der Waals surface area contributed by atoms with Crippen molar-refractivity contribution < 1.29 is 4.39 Å². The van der Waals surface area contributed by atoms with E-state index in [2.05, 4.69) is 5.92 Å². The van der Waals surface area contributed by atoms with E-state index < -0.39 is 0 Å². The molecular formula is C6H3FS. The zero-order valence-corrected chi connectivity index (χ0v) is 4.83. The molecule has 0 saturated carbocycles. The summed E-state index contributed by atoms with van der Waals surface area (Å²) in [6.07, 6.45) is 1.33. The lowest BCUT2D eigenvalue weighted by molar-refractivity contribution is 0.774. The van der Waals surface area contributed by atoms with Gasteiger partial charge >= 0.3 is 0 Å². The normalized spacial score (nSPS) is 7.62. The first-order valence-electron chi connectivity index (χ1n) is 2.08. The molecule has 0 N–H and O–H groups in total. The highest BCUT2D eigenvalue weighted by atomic mass is 32.1. The van der Waals surface area contributed by atoms with E-state index in [-0.39, 0.29) is 0 Å². The zero-order valence-electron chi connectivity index (χ0n) is 4.02. The number of thiophene rings is 1. The summed E-state index contributed by atoms with van der Waals surface area (Å²) in [4.78, 5) is 0.771. The van der Waals surface area contributed by atoms with Gasteiger partial charge in [-0.1, -0.05) is 6.07 Å².